The van der Waals surface area contributed by atoms with Gasteiger partial charge < -0.3 is 20.9 Å². The Morgan fingerprint density at radius 3 is 2.50 bits per heavy atom. The van der Waals surface area contributed by atoms with Crippen molar-refractivity contribution in [2.75, 3.05) is 30.8 Å². The highest BCUT2D eigenvalue weighted by molar-refractivity contribution is 7.90. The van der Waals surface area contributed by atoms with E-state index in [9.17, 15) is 8.42 Å². The van der Waals surface area contributed by atoms with E-state index >= 15 is 0 Å². The van der Waals surface area contributed by atoms with E-state index in [0.717, 1.165) is 36.7 Å². The number of benzene rings is 1. The number of H-pyrrole nitrogens is 1. The van der Waals surface area contributed by atoms with E-state index in [1.165, 1.54) is 5.56 Å². The Kier molecular flexibility index (Phi) is 5.78. The number of hydrogen-bond donors (Lipinski definition) is 4. The van der Waals surface area contributed by atoms with Gasteiger partial charge in [0, 0.05) is 25.7 Å². The fraction of sp³-hybridized carbons (Fsp3) is 0.435. The Morgan fingerprint density at radius 2 is 1.85 bits per heavy atom. The number of nitrogens with two attached hydrogens (primary N) is 1. The van der Waals surface area contributed by atoms with Crippen molar-refractivity contribution >= 4 is 21.7 Å². The fourth-order valence-corrected chi connectivity index (χ4v) is 5.53. The fourth-order valence-electron chi connectivity index (χ4n) is 4.52. The molecule has 5 rings (SSSR count). The monoisotopic (exact) mass is 482 g/mol. The van der Waals surface area contributed by atoms with Gasteiger partial charge in [0.1, 0.15) is 5.82 Å². The summed E-state index contributed by atoms with van der Waals surface area (Å²) in [5.41, 5.74) is 9.75. The molecule has 10 nitrogen and oxygen atoms in total. The van der Waals surface area contributed by atoms with Gasteiger partial charge in [-0.05, 0) is 43.9 Å². The van der Waals surface area contributed by atoms with Crippen molar-refractivity contribution in [3.63, 3.8) is 0 Å². The third kappa shape index (κ3) is 4.26. The van der Waals surface area contributed by atoms with Crippen molar-refractivity contribution in [3.05, 3.63) is 42.2 Å². The predicted octanol–water partition coefficient (Wildman–Crippen LogP) is 1.60. The molecular formula is C23H30N8O2S. The number of nitrogen functional groups attached to an aromatic ring is 1. The first-order valence-corrected chi connectivity index (χ1v) is 13.0. The van der Waals surface area contributed by atoms with Gasteiger partial charge >= 0.3 is 0 Å². The van der Waals surface area contributed by atoms with Gasteiger partial charge in [0.05, 0.1) is 23.3 Å². The molecule has 3 heterocycles. The summed E-state index contributed by atoms with van der Waals surface area (Å²) in [6.07, 6.45) is 3.44. The molecule has 180 valence electrons. The lowest BCUT2D eigenvalue weighted by atomic mass is 10.1. The third-order valence-electron chi connectivity index (χ3n) is 6.67. The van der Waals surface area contributed by atoms with Crippen LogP contribution < -0.4 is 20.7 Å². The molecule has 1 saturated heterocycles. The summed E-state index contributed by atoms with van der Waals surface area (Å²) < 4.78 is 27.2. The average molecular weight is 483 g/mol. The van der Waals surface area contributed by atoms with Crippen molar-refractivity contribution in [3.8, 4) is 22.8 Å². The molecule has 0 bridgehead atoms. The highest BCUT2D eigenvalue weighted by atomic mass is 32.2. The summed E-state index contributed by atoms with van der Waals surface area (Å²) in [6, 6.07) is 8.27. The molecule has 2 aromatic heterocycles. The van der Waals surface area contributed by atoms with E-state index in [2.05, 4.69) is 54.2 Å². The number of hydrogen-bond acceptors (Lipinski definition) is 8. The van der Waals surface area contributed by atoms with Gasteiger partial charge in [-0.3, -0.25) is 0 Å². The van der Waals surface area contributed by atoms with Crippen LogP contribution in [0.4, 0.5) is 11.6 Å². The number of aromatic nitrogens is 4. The molecule has 3 aromatic rings. The van der Waals surface area contributed by atoms with Crippen LogP contribution in [0.15, 0.2) is 36.7 Å². The molecule has 1 aliphatic carbocycles. The molecule has 5 N–H and O–H groups in total. The van der Waals surface area contributed by atoms with E-state index in [4.69, 9.17) is 10.7 Å². The first-order valence-electron chi connectivity index (χ1n) is 11.4. The van der Waals surface area contributed by atoms with Crippen LogP contribution in [0.25, 0.3) is 22.8 Å². The van der Waals surface area contributed by atoms with Crippen molar-refractivity contribution in [1.82, 2.24) is 30.0 Å². The van der Waals surface area contributed by atoms with Crippen LogP contribution in [-0.2, 0) is 16.6 Å². The maximum atomic E-state index is 12.2. The lowest BCUT2D eigenvalue weighted by molar-refractivity contribution is 0.562. The Balaban J connectivity index is 1.30. The second-order valence-electron chi connectivity index (χ2n) is 9.30. The van der Waals surface area contributed by atoms with E-state index in [-0.39, 0.29) is 17.9 Å². The number of anilines is 2. The van der Waals surface area contributed by atoms with E-state index in [0.29, 0.717) is 17.3 Å². The van der Waals surface area contributed by atoms with Gasteiger partial charge in [0.2, 0.25) is 10.0 Å². The number of imidazole rings is 1. The number of nitrogens with zero attached hydrogens (tertiary/aromatic N) is 4. The van der Waals surface area contributed by atoms with Crippen LogP contribution in [0.1, 0.15) is 19.4 Å². The zero-order valence-corrected chi connectivity index (χ0v) is 20.3. The largest absolute Gasteiger partial charge is 0.382 e. The van der Waals surface area contributed by atoms with Crippen LogP contribution in [0.2, 0.25) is 0 Å². The van der Waals surface area contributed by atoms with Crippen LogP contribution in [0.3, 0.4) is 0 Å². The standard InChI is InChI=1S/C23H30N8O2S/c1-13(2)34(32,33)30-20-16-11-31(12-17(16)20)19-10-26-22(24)21(29-19)23-27-9-18(28-23)15-6-4-14(5-7-15)8-25-3/h4-7,9-10,13,16-17,20,25,30H,8,11-12H2,1-3H3,(H2,24,26)(H,27,28)/t16-,17+,20?. The Morgan fingerprint density at radius 1 is 1.15 bits per heavy atom. The highest BCUT2D eigenvalue weighted by Crippen LogP contribution is 2.47. The molecule has 0 radical (unpaired) electrons. The molecule has 11 heteroatoms. The quantitative estimate of drug-likeness (QED) is 0.379. The number of aromatic amines is 1. The van der Waals surface area contributed by atoms with Crippen molar-refractivity contribution in [2.45, 2.75) is 31.7 Å². The molecule has 2 aliphatic rings. The van der Waals surface area contributed by atoms with Crippen LogP contribution in [0.5, 0.6) is 0 Å². The number of sulfonamides is 1. The number of nitrogens with one attached hydrogen (secondary N) is 3. The second-order valence-corrected chi connectivity index (χ2v) is 11.6. The first-order chi connectivity index (χ1) is 16.3. The van der Waals surface area contributed by atoms with Gasteiger partial charge in [0.15, 0.2) is 17.3 Å². The number of fused-ring (bicyclic) bond motifs is 1. The van der Waals surface area contributed by atoms with E-state index in [1.54, 1.807) is 26.2 Å². The van der Waals surface area contributed by atoms with Gasteiger partial charge in [-0.2, -0.15) is 0 Å². The van der Waals surface area contributed by atoms with Crippen LogP contribution >= 0.6 is 0 Å². The number of rotatable bonds is 8. The topological polar surface area (TPSA) is 142 Å². The number of piperidine rings is 1. The summed E-state index contributed by atoms with van der Waals surface area (Å²) in [5, 5.41) is 2.71. The second kappa shape index (κ2) is 8.64. The maximum absolute atomic E-state index is 12.2. The van der Waals surface area contributed by atoms with Gasteiger partial charge in [-0.25, -0.2) is 28.1 Å². The molecule has 34 heavy (non-hydrogen) atoms. The minimum atomic E-state index is -3.26. The molecular weight excluding hydrogens is 452 g/mol. The molecule has 1 saturated carbocycles. The maximum Gasteiger partial charge on any atom is 0.214 e. The SMILES string of the molecule is CNCc1ccc(-c2cnc(-c3nc(N4C[C@@H]5C(NS(=O)(=O)C(C)C)[C@@H]5C4)cnc3N)[nH]2)cc1. The average Bonchev–Trinajstić information content (AvgIpc) is 3.19. The van der Waals surface area contributed by atoms with Crippen molar-refractivity contribution in [2.24, 2.45) is 11.8 Å². The zero-order chi connectivity index (χ0) is 24.0. The van der Waals surface area contributed by atoms with Gasteiger partial charge in [-0.15, -0.1) is 0 Å². The molecule has 0 spiro atoms. The Hall–Kier alpha value is -3.02. The van der Waals surface area contributed by atoms with Crippen molar-refractivity contribution < 1.29 is 8.42 Å². The minimum Gasteiger partial charge on any atom is -0.382 e. The molecule has 0 amide bonds. The molecule has 2 fully saturated rings. The predicted molar refractivity (Wildman–Crippen MR) is 132 cm³/mol. The highest BCUT2D eigenvalue weighted by Gasteiger charge is 2.57. The summed E-state index contributed by atoms with van der Waals surface area (Å²) in [6.45, 7) is 5.66. The summed E-state index contributed by atoms with van der Waals surface area (Å²) in [5.74, 6) is 2.17. The lowest BCUT2D eigenvalue weighted by Gasteiger charge is -2.22. The van der Waals surface area contributed by atoms with E-state index in [1.807, 2.05) is 7.05 Å². The summed E-state index contributed by atoms with van der Waals surface area (Å²) in [7, 11) is -1.34. The van der Waals surface area contributed by atoms with Gasteiger partial charge in [0.25, 0.3) is 0 Å². The summed E-state index contributed by atoms with van der Waals surface area (Å²) >= 11 is 0. The Bertz CT molecular complexity index is 1280. The van der Waals surface area contributed by atoms with Crippen molar-refractivity contribution in [1.29, 1.82) is 0 Å². The van der Waals surface area contributed by atoms with Crippen LogP contribution in [-0.4, -0.2) is 59.8 Å². The summed E-state index contributed by atoms with van der Waals surface area (Å²) in [4.78, 5) is 19.0. The van der Waals surface area contributed by atoms with Crippen LogP contribution in [0, 0.1) is 11.8 Å². The smallest absolute Gasteiger partial charge is 0.214 e. The van der Waals surface area contributed by atoms with E-state index < -0.39 is 15.3 Å². The molecule has 3 atom stereocenters. The zero-order valence-electron chi connectivity index (χ0n) is 19.5. The normalized spacial score (nSPS) is 21.8. The first kappa shape index (κ1) is 22.8. The lowest BCUT2D eigenvalue weighted by Crippen LogP contribution is -2.38. The van der Waals surface area contributed by atoms with Gasteiger partial charge in [-0.1, -0.05) is 24.3 Å². The third-order valence-corrected chi connectivity index (χ3v) is 8.51. The molecule has 1 aromatic carbocycles. The Labute approximate surface area is 199 Å². The molecule has 1 unspecified atom stereocenters. The molecule has 1 aliphatic heterocycles. The minimum absolute atomic E-state index is 0.0111.